The summed E-state index contributed by atoms with van der Waals surface area (Å²) in [6, 6.07) is 4.32. The van der Waals surface area contributed by atoms with E-state index < -0.39 is 16.0 Å². The minimum atomic E-state index is -3.67. The third-order valence-corrected chi connectivity index (χ3v) is 5.38. The molecular weight excluding hydrogens is 324 g/mol. The average Bonchev–Trinajstić information content (AvgIpc) is 2.89. The van der Waals surface area contributed by atoms with Gasteiger partial charge in [0.05, 0.1) is 34.8 Å². The summed E-state index contributed by atoms with van der Waals surface area (Å²) in [7, 11) is -2.39. The summed E-state index contributed by atoms with van der Waals surface area (Å²) in [6.45, 7) is 3.62. The number of nitrogens with one attached hydrogen (secondary N) is 1. The smallest absolute Gasteiger partial charge is 0.337 e. The second kappa shape index (κ2) is 6.55. The quantitative estimate of drug-likeness (QED) is 0.842. The summed E-state index contributed by atoms with van der Waals surface area (Å²) in [5, 5.41) is 2.69. The largest absolute Gasteiger partial charge is 0.465 e. The van der Waals surface area contributed by atoms with Crippen LogP contribution >= 0.6 is 11.3 Å². The molecule has 1 N–H and O–H groups in total. The molecule has 0 amide bonds. The van der Waals surface area contributed by atoms with Crippen molar-refractivity contribution in [2.24, 2.45) is 0 Å². The molecule has 1 aromatic heterocycles. The van der Waals surface area contributed by atoms with E-state index in [2.05, 4.69) is 14.4 Å². The number of nitrogens with zero attached hydrogens (tertiary/aromatic N) is 1. The number of aromatic nitrogens is 1. The molecule has 0 saturated carbocycles. The molecule has 2 aromatic rings. The van der Waals surface area contributed by atoms with Crippen LogP contribution in [-0.4, -0.2) is 26.5 Å². The van der Waals surface area contributed by atoms with Crippen LogP contribution in [0.5, 0.6) is 0 Å². The van der Waals surface area contributed by atoms with Gasteiger partial charge in [-0.05, 0) is 37.6 Å². The van der Waals surface area contributed by atoms with Gasteiger partial charge in [0.1, 0.15) is 0 Å². The Morgan fingerprint density at radius 3 is 2.64 bits per heavy atom. The molecule has 0 radical (unpaired) electrons. The highest BCUT2D eigenvalue weighted by Crippen LogP contribution is 2.18. The van der Waals surface area contributed by atoms with Crippen LogP contribution < -0.4 is 4.72 Å². The second-order valence-corrected chi connectivity index (χ2v) is 7.45. The van der Waals surface area contributed by atoms with Crippen LogP contribution in [0.25, 0.3) is 0 Å². The molecule has 0 unspecified atom stereocenters. The van der Waals surface area contributed by atoms with Crippen molar-refractivity contribution in [1.29, 1.82) is 0 Å². The van der Waals surface area contributed by atoms with Crippen molar-refractivity contribution < 1.29 is 17.9 Å². The predicted octanol–water partition coefficient (Wildman–Crippen LogP) is 2.03. The highest BCUT2D eigenvalue weighted by atomic mass is 32.2. The third kappa shape index (κ3) is 3.70. The molecule has 1 heterocycles. The van der Waals surface area contributed by atoms with Crippen molar-refractivity contribution in [3.8, 4) is 0 Å². The summed E-state index contributed by atoms with van der Waals surface area (Å²) in [4.78, 5) is 15.8. The summed E-state index contributed by atoms with van der Waals surface area (Å²) >= 11 is 1.46. The van der Waals surface area contributed by atoms with E-state index in [1.165, 1.54) is 36.6 Å². The number of hydrogen-bond donors (Lipinski definition) is 1. The number of ether oxygens (including phenoxy) is 1. The van der Waals surface area contributed by atoms with Crippen LogP contribution in [0.2, 0.25) is 0 Å². The fourth-order valence-electron chi connectivity index (χ4n) is 1.93. The molecule has 22 heavy (non-hydrogen) atoms. The fourth-order valence-corrected chi connectivity index (χ4v) is 3.77. The Balaban J connectivity index is 2.20. The number of sulfonamides is 1. The van der Waals surface area contributed by atoms with Gasteiger partial charge in [-0.15, -0.1) is 11.3 Å². The van der Waals surface area contributed by atoms with Gasteiger partial charge in [-0.25, -0.2) is 22.9 Å². The lowest BCUT2D eigenvalue weighted by molar-refractivity contribution is 0.0600. The Kier molecular flexibility index (Phi) is 4.94. The Hall–Kier alpha value is -1.77. The first-order valence-electron chi connectivity index (χ1n) is 6.43. The molecule has 0 aliphatic carbocycles. The molecule has 1 aromatic carbocycles. The molecule has 0 atom stereocenters. The van der Waals surface area contributed by atoms with Gasteiger partial charge >= 0.3 is 5.97 Å². The maximum atomic E-state index is 12.3. The third-order valence-electron chi connectivity index (χ3n) is 3.00. The molecule has 0 fully saturated rings. The van der Waals surface area contributed by atoms with Gasteiger partial charge < -0.3 is 4.74 Å². The standard InChI is InChI=1S/C14H16N2O4S2/c1-9-6-11(14(17)20-3)4-5-13(9)22(18,19)15-7-12-8-21-10(2)16-12/h4-6,8,15H,7H2,1-3H3. The van der Waals surface area contributed by atoms with Gasteiger partial charge in [-0.2, -0.15) is 0 Å². The number of rotatable bonds is 5. The zero-order valence-electron chi connectivity index (χ0n) is 12.4. The van der Waals surface area contributed by atoms with E-state index in [0.717, 1.165) is 5.01 Å². The SMILES string of the molecule is COC(=O)c1ccc(S(=O)(=O)NCc2csc(C)n2)c(C)c1. The number of esters is 1. The average molecular weight is 340 g/mol. The molecule has 8 heteroatoms. The summed E-state index contributed by atoms with van der Waals surface area (Å²) < 4.78 is 31.8. The Labute approximate surface area is 133 Å². The number of thiazole rings is 1. The zero-order valence-corrected chi connectivity index (χ0v) is 14.0. The molecule has 6 nitrogen and oxygen atoms in total. The van der Waals surface area contributed by atoms with E-state index in [4.69, 9.17) is 0 Å². The predicted molar refractivity (Wildman–Crippen MR) is 83.4 cm³/mol. The van der Waals surface area contributed by atoms with E-state index in [0.29, 0.717) is 16.8 Å². The monoisotopic (exact) mass is 340 g/mol. The number of hydrogen-bond acceptors (Lipinski definition) is 6. The number of aryl methyl sites for hydroxylation is 2. The van der Waals surface area contributed by atoms with Gasteiger partial charge in [0, 0.05) is 5.38 Å². The first-order chi connectivity index (χ1) is 10.3. The maximum Gasteiger partial charge on any atom is 0.337 e. The van der Waals surface area contributed by atoms with Crippen molar-refractivity contribution in [2.45, 2.75) is 25.3 Å². The van der Waals surface area contributed by atoms with Crippen molar-refractivity contribution in [1.82, 2.24) is 9.71 Å². The van der Waals surface area contributed by atoms with E-state index in [-0.39, 0.29) is 11.4 Å². The van der Waals surface area contributed by atoms with E-state index in [9.17, 15) is 13.2 Å². The summed E-state index contributed by atoms with van der Waals surface area (Å²) in [6.07, 6.45) is 0. The van der Waals surface area contributed by atoms with E-state index in [1.54, 1.807) is 6.92 Å². The van der Waals surface area contributed by atoms with Crippen molar-refractivity contribution in [3.05, 3.63) is 45.4 Å². The van der Waals surface area contributed by atoms with Crippen molar-refractivity contribution in [3.63, 3.8) is 0 Å². The maximum absolute atomic E-state index is 12.3. The molecule has 0 aliphatic rings. The van der Waals surface area contributed by atoms with Gasteiger partial charge in [0.25, 0.3) is 0 Å². The van der Waals surface area contributed by atoms with Crippen molar-refractivity contribution >= 4 is 27.3 Å². The zero-order chi connectivity index (χ0) is 16.3. The first kappa shape index (κ1) is 16.6. The minimum absolute atomic E-state index is 0.130. The van der Waals surface area contributed by atoms with Gasteiger partial charge in [-0.1, -0.05) is 0 Å². The van der Waals surface area contributed by atoms with Crippen LogP contribution in [0.15, 0.2) is 28.5 Å². The number of carbonyl (C=O) groups excluding carboxylic acids is 1. The van der Waals surface area contributed by atoms with Crippen LogP contribution in [0.3, 0.4) is 0 Å². The van der Waals surface area contributed by atoms with Crippen LogP contribution in [0.4, 0.5) is 0 Å². The normalized spacial score (nSPS) is 11.4. The van der Waals surface area contributed by atoms with Gasteiger partial charge in [-0.3, -0.25) is 0 Å². The lowest BCUT2D eigenvalue weighted by Gasteiger charge is -2.09. The number of carbonyl (C=O) groups is 1. The van der Waals surface area contributed by atoms with E-state index >= 15 is 0 Å². The lowest BCUT2D eigenvalue weighted by atomic mass is 10.1. The van der Waals surface area contributed by atoms with Crippen LogP contribution in [-0.2, 0) is 21.3 Å². The van der Waals surface area contributed by atoms with Crippen LogP contribution in [0, 0.1) is 13.8 Å². The first-order valence-corrected chi connectivity index (χ1v) is 8.79. The number of benzene rings is 1. The highest BCUT2D eigenvalue weighted by molar-refractivity contribution is 7.89. The second-order valence-electron chi connectivity index (χ2n) is 4.65. The van der Waals surface area contributed by atoms with Crippen LogP contribution in [0.1, 0.15) is 26.6 Å². The molecule has 118 valence electrons. The number of methoxy groups -OCH3 is 1. The van der Waals surface area contributed by atoms with Crippen molar-refractivity contribution in [2.75, 3.05) is 7.11 Å². The lowest BCUT2D eigenvalue weighted by Crippen LogP contribution is -2.24. The fraction of sp³-hybridized carbons (Fsp3) is 0.286. The molecule has 0 spiro atoms. The molecule has 2 rings (SSSR count). The minimum Gasteiger partial charge on any atom is -0.465 e. The molecular formula is C14H16N2O4S2. The molecule has 0 aliphatic heterocycles. The van der Waals surface area contributed by atoms with E-state index in [1.807, 2.05) is 12.3 Å². The Morgan fingerprint density at radius 1 is 1.36 bits per heavy atom. The summed E-state index contributed by atoms with van der Waals surface area (Å²) in [5.74, 6) is -0.502. The van der Waals surface area contributed by atoms with Gasteiger partial charge in [0.15, 0.2) is 0 Å². The van der Waals surface area contributed by atoms with Gasteiger partial charge in [0.2, 0.25) is 10.0 Å². The molecule has 0 bridgehead atoms. The topological polar surface area (TPSA) is 85.4 Å². The molecule has 0 saturated heterocycles. The Bertz CT molecular complexity index is 797. The summed E-state index contributed by atoms with van der Waals surface area (Å²) in [5.41, 5.74) is 1.47. The highest BCUT2D eigenvalue weighted by Gasteiger charge is 2.18. The Morgan fingerprint density at radius 2 is 2.09 bits per heavy atom.